The number of nitrogens with zero attached hydrogens (tertiary/aromatic N) is 2. The first-order chi connectivity index (χ1) is 17.1. The van der Waals surface area contributed by atoms with Gasteiger partial charge in [0.25, 0.3) is 0 Å². The van der Waals surface area contributed by atoms with Crippen LogP contribution < -0.4 is 0 Å². The van der Waals surface area contributed by atoms with Crippen molar-refractivity contribution in [1.82, 2.24) is 15.0 Å². The van der Waals surface area contributed by atoms with Crippen molar-refractivity contribution in [2.24, 2.45) is 0 Å². The number of hydrogen-bond donors (Lipinski definition) is 1. The number of carbonyl (C=O) groups excluding carboxylic acids is 1. The molecule has 35 heavy (non-hydrogen) atoms. The second-order valence-electron chi connectivity index (χ2n) is 8.33. The van der Waals surface area contributed by atoms with Crippen LogP contribution in [0.1, 0.15) is 18.4 Å². The maximum atomic E-state index is 14.1. The zero-order chi connectivity index (χ0) is 23.8. The first-order valence-electron chi connectivity index (χ1n) is 11.4. The molecule has 0 fully saturated rings. The minimum absolute atomic E-state index is 0.0838. The molecule has 4 nitrogen and oxygen atoms in total. The molecule has 1 N–H and O–H groups in total. The average Bonchev–Trinajstić information content (AvgIpc) is 3.44. The third kappa shape index (κ3) is 4.45. The summed E-state index contributed by atoms with van der Waals surface area (Å²) in [4.78, 5) is 25.5. The smallest absolute Gasteiger partial charge is 0.195 e. The molecule has 0 saturated carbocycles. The highest BCUT2D eigenvalue weighted by Gasteiger charge is 2.17. The van der Waals surface area contributed by atoms with Crippen LogP contribution in [-0.2, 0) is 11.2 Å². The maximum absolute atomic E-state index is 14.1. The van der Waals surface area contributed by atoms with Crippen molar-refractivity contribution in [2.75, 3.05) is 0 Å². The van der Waals surface area contributed by atoms with Crippen molar-refractivity contribution in [3.63, 3.8) is 0 Å². The first-order valence-corrected chi connectivity index (χ1v) is 13.0. The van der Waals surface area contributed by atoms with E-state index in [0.717, 1.165) is 53.3 Å². The third-order valence-corrected chi connectivity index (χ3v) is 8.03. The molecule has 0 unspecified atom stereocenters. The molecule has 0 aliphatic carbocycles. The Labute approximate surface area is 209 Å². The Hall–Kier alpha value is -3.55. The van der Waals surface area contributed by atoms with E-state index in [0.29, 0.717) is 19.3 Å². The largest absolute Gasteiger partial charge is 0.353 e. The molecule has 0 aliphatic heterocycles. The first kappa shape index (κ1) is 21.9. The normalized spacial score (nSPS) is 11.6. The molecule has 6 aromatic rings. The zero-order valence-electron chi connectivity index (χ0n) is 18.6. The summed E-state index contributed by atoms with van der Waals surface area (Å²) in [6.45, 7) is 0. The Balaban J connectivity index is 1.25. The van der Waals surface area contributed by atoms with E-state index in [1.54, 1.807) is 12.1 Å². The average molecular weight is 498 g/mol. The fourth-order valence-corrected chi connectivity index (χ4v) is 6.35. The SMILES string of the molecule is O=C(CCCc1c(-c2ccc3ccccc3n2)[nH]c2ccc(F)cc12)Sc1nc2ccccc2s1. The monoisotopic (exact) mass is 497 g/mol. The van der Waals surface area contributed by atoms with E-state index in [1.807, 2.05) is 60.7 Å². The number of thioether (sulfide) groups is 1. The highest BCUT2D eigenvalue weighted by molar-refractivity contribution is 8.15. The number of pyridine rings is 1. The molecule has 3 aromatic carbocycles. The standard InChI is InChI=1S/C28H20FN3OS2/c29-18-13-15-22-20(16-18)19(27(31-22)24-14-12-17-6-1-2-8-21(17)30-24)7-5-11-26(33)35-28-32-23-9-3-4-10-25(23)34-28/h1-4,6,8-10,12-16,31H,5,7,11H2. The topological polar surface area (TPSA) is 58.6 Å². The van der Waals surface area contributed by atoms with Crippen molar-refractivity contribution < 1.29 is 9.18 Å². The highest BCUT2D eigenvalue weighted by Crippen LogP contribution is 2.34. The van der Waals surface area contributed by atoms with Crippen molar-refractivity contribution in [1.29, 1.82) is 0 Å². The number of nitrogens with one attached hydrogen (secondary N) is 1. The van der Waals surface area contributed by atoms with Crippen LogP contribution in [0.15, 0.2) is 83.2 Å². The van der Waals surface area contributed by atoms with Gasteiger partial charge >= 0.3 is 0 Å². The second-order valence-corrected chi connectivity index (χ2v) is 10.7. The van der Waals surface area contributed by atoms with Crippen LogP contribution >= 0.6 is 23.1 Å². The molecule has 6 rings (SSSR count). The Morgan fingerprint density at radius 3 is 2.66 bits per heavy atom. The predicted molar refractivity (Wildman–Crippen MR) is 142 cm³/mol. The molecule has 0 amide bonds. The summed E-state index contributed by atoms with van der Waals surface area (Å²) in [5.74, 6) is -0.279. The lowest BCUT2D eigenvalue weighted by Gasteiger charge is -2.06. The van der Waals surface area contributed by atoms with Gasteiger partial charge in [0.15, 0.2) is 9.45 Å². The number of aromatic nitrogens is 3. The molecule has 3 heterocycles. The summed E-state index contributed by atoms with van der Waals surface area (Å²) in [6.07, 6.45) is 1.70. The summed E-state index contributed by atoms with van der Waals surface area (Å²) in [5, 5.41) is 1.99. The van der Waals surface area contributed by atoms with Gasteiger partial charge in [-0.3, -0.25) is 4.79 Å². The fraction of sp³-hybridized carbons (Fsp3) is 0.107. The van der Waals surface area contributed by atoms with E-state index in [-0.39, 0.29) is 10.9 Å². The number of rotatable bonds is 6. The summed E-state index contributed by atoms with van der Waals surface area (Å²) in [7, 11) is 0. The van der Waals surface area contributed by atoms with Crippen LogP contribution in [0.4, 0.5) is 4.39 Å². The number of carbonyl (C=O) groups is 1. The lowest BCUT2D eigenvalue weighted by atomic mass is 10.0. The molecule has 7 heteroatoms. The molecule has 0 bridgehead atoms. The number of benzene rings is 3. The second kappa shape index (κ2) is 9.24. The number of aromatic amines is 1. The Morgan fingerprint density at radius 2 is 1.77 bits per heavy atom. The summed E-state index contributed by atoms with van der Waals surface area (Å²) in [5.41, 5.74) is 5.36. The van der Waals surface area contributed by atoms with Crippen LogP contribution in [0.5, 0.6) is 0 Å². The van der Waals surface area contributed by atoms with Gasteiger partial charge in [-0.15, -0.1) is 11.3 Å². The third-order valence-electron chi connectivity index (χ3n) is 6.01. The van der Waals surface area contributed by atoms with E-state index >= 15 is 0 Å². The Morgan fingerprint density at radius 1 is 0.943 bits per heavy atom. The number of halogens is 1. The van der Waals surface area contributed by atoms with E-state index in [2.05, 4.69) is 9.97 Å². The van der Waals surface area contributed by atoms with Gasteiger partial charge in [-0.2, -0.15) is 0 Å². The number of H-pyrrole nitrogens is 1. The number of para-hydroxylation sites is 2. The van der Waals surface area contributed by atoms with Crippen molar-refractivity contribution in [3.8, 4) is 11.4 Å². The van der Waals surface area contributed by atoms with Crippen LogP contribution in [0, 0.1) is 5.82 Å². The molecular formula is C28H20FN3OS2. The number of hydrogen-bond acceptors (Lipinski definition) is 5. The Bertz CT molecular complexity index is 1670. The highest BCUT2D eigenvalue weighted by atomic mass is 32.2. The maximum Gasteiger partial charge on any atom is 0.195 e. The number of aryl methyl sites for hydroxylation is 1. The van der Waals surface area contributed by atoms with Gasteiger partial charge in [-0.25, -0.2) is 14.4 Å². The lowest BCUT2D eigenvalue weighted by molar-refractivity contribution is -0.111. The molecular weight excluding hydrogens is 477 g/mol. The van der Waals surface area contributed by atoms with Crippen molar-refractivity contribution >= 4 is 60.2 Å². The molecule has 0 saturated heterocycles. The summed E-state index contributed by atoms with van der Waals surface area (Å²) >= 11 is 2.74. The van der Waals surface area contributed by atoms with Gasteiger partial charge in [-0.05, 0) is 72.6 Å². The van der Waals surface area contributed by atoms with E-state index < -0.39 is 0 Å². The predicted octanol–water partition coefficient (Wildman–Crippen LogP) is 7.77. The molecule has 3 aromatic heterocycles. The molecule has 0 radical (unpaired) electrons. The van der Waals surface area contributed by atoms with E-state index in [1.165, 1.54) is 29.2 Å². The van der Waals surface area contributed by atoms with Gasteiger partial charge in [0.05, 0.1) is 27.1 Å². The summed E-state index contributed by atoms with van der Waals surface area (Å²) < 4.78 is 16.0. The van der Waals surface area contributed by atoms with Gasteiger partial charge < -0.3 is 4.98 Å². The van der Waals surface area contributed by atoms with E-state index in [9.17, 15) is 9.18 Å². The minimum atomic E-state index is -0.279. The zero-order valence-corrected chi connectivity index (χ0v) is 20.3. The van der Waals surface area contributed by atoms with Crippen LogP contribution in [-0.4, -0.2) is 20.1 Å². The minimum Gasteiger partial charge on any atom is -0.353 e. The van der Waals surface area contributed by atoms with Gasteiger partial charge in [0, 0.05) is 22.7 Å². The molecule has 0 aliphatic rings. The van der Waals surface area contributed by atoms with Gasteiger partial charge in [-0.1, -0.05) is 36.4 Å². The van der Waals surface area contributed by atoms with Crippen molar-refractivity contribution in [3.05, 3.63) is 90.2 Å². The number of thiazole rings is 1. The Kier molecular flexibility index (Phi) is 5.80. The fourth-order valence-electron chi connectivity index (χ4n) is 4.36. The molecule has 0 spiro atoms. The quantitative estimate of drug-likeness (QED) is 0.239. The summed E-state index contributed by atoms with van der Waals surface area (Å²) in [6, 6.07) is 24.7. The van der Waals surface area contributed by atoms with Crippen LogP contribution in [0.3, 0.4) is 0 Å². The molecule has 0 atom stereocenters. The van der Waals surface area contributed by atoms with Crippen molar-refractivity contribution in [2.45, 2.75) is 23.6 Å². The lowest BCUT2D eigenvalue weighted by Crippen LogP contribution is -1.96. The van der Waals surface area contributed by atoms with Crippen LogP contribution in [0.25, 0.3) is 43.4 Å². The molecule has 172 valence electrons. The van der Waals surface area contributed by atoms with Gasteiger partial charge in [0.1, 0.15) is 5.82 Å². The van der Waals surface area contributed by atoms with Gasteiger partial charge in [0.2, 0.25) is 0 Å². The number of fused-ring (bicyclic) bond motifs is 3. The van der Waals surface area contributed by atoms with E-state index in [4.69, 9.17) is 4.98 Å². The van der Waals surface area contributed by atoms with Crippen LogP contribution in [0.2, 0.25) is 0 Å².